The van der Waals surface area contributed by atoms with Crippen LogP contribution >= 0.6 is 0 Å². The van der Waals surface area contributed by atoms with Gasteiger partial charge in [0.15, 0.2) is 0 Å². The first-order chi connectivity index (χ1) is 10.3. The summed E-state index contributed by atoms with van der Waals surface area (Å²) in [5.74, 6) is 2.06. The Morgan fingerprint density at radius 2 is 2.14 bits per heavy atom. The summed E-state index contributed by atoms with van der Waals surface area (Å²) in [6.45, 7) is 6.93. The summed E-state index contributed by atoms with van der Waals surface area (Å²) in [7, 11) is 0. The Morgan fingerprint density at radius 1 is 1.33 bits per heavy atom. The van der Waals surface area contributed by atoms with Crippen LogP contribution in [0.3, 0.4) is 0 Å². The van der Waals surface area contributed by atoms with Gasteiger partial charge < -0.3 is 14.4 Å². The van der Waals surface area contributed by atoms with Gasteiger partial charge >= 0.3 is 0 Å². The van der Waals surface area contributed by atoms with Crippen molar-refractivity contribution in [3.8, 4) is 11.5 Å². The van der Waals surface area contributed by atoms with Crippen molar-refractivity contribution in [2.45, 2.75) is 39.5 Å². The second-order valence-electron chi connectivity index (χ2n) is 5.20. The van der Waals surface area contributed by atoms with Crippen molar-refractivity contribution in [1.29, 1.82) is 0 Å². The lowest BCUT2D eigenvalue weighted by Crippen LogP contribution is -2.30. The second kappa shape index (κ2) is 7.91. The molecule has 0 unspecified atom stereocenters. The molecule has 1 heterocycles. The van der Waals surface area contributed by atoms with E-state index in [2.05, 4.69) is 0 Å². The molecule has 0 atom stereocenters. The molecule has 0 saturated carbocycles. The lowest BCUT2D eigenvalue weighted by atomic mass is 10.1. The predicted molar refractivity (Wildman–Crippen MR) is 82.9 cm³/mol. The van der Waals surface area contributed by atoms with Crippen LogP contribution in [0.15, 0.2) is 18.2 Å². The van der Waals surface area contributed by atoms with E-state index in [0.29, 0.717) is 13.0 Å². The molecule has 0 radical (unpaired) electrons. The van der Waals surface area contributed by atoms with Crippen molar-refractivity contribution in [3.05, 3.63) is 23.8 Å². The molecule has 0 N–H and O–H groups in total. The van der Waals surface area contributed by atoms with Gasteiger partial charge in [0.25, 0.3) is 0 Å². The average Bonchev–Trinajstić information content (AvgIpc) is 2.53. The molecule has 1 aliphatic heterocycles. The lowest BCUT2D eigenvalue weighted by molar-refractivity contribution is -0.131. The minimum atomic E-state index is 0.210. The van der Waals surface area contributed by atoms with Gasteiger partial charge in [0.2, 0.25) is 5.91 Å². The highest BCUT2D eigenvalue weighted by molar-refractivity contribution is 5.76. The quantitative estimate of drug-likeness (QED) is 0.725. The molecule has 4 nitrogen and oxygen atoms in total. The Kier molecular flexibility index (Phi) is 5.90. The zero-order valence-electron chi connectivity index (χ0n) is 13.1. The minimum absolute atomic E-state index is 0.210. The summed E-state index contributed by atoms with van der Waals surface area (Å²) < 4.78 is 11.5. The highest BCUT2D eigenvalue weighted by Crippen LogP contribution is 2.32. The smallest absolute Gasteiger partial charge is 0.222 e. The van der Waals surface area contributed by atoms with Crippen LogP contribution in [0.1, 0.15) is 38.7 Å². The predicted octanol–water partition coefficient (Wildman–Crippen LogP) is 3.04. The van der Waals surface area contributed by atoms with Gasteiger partial charge in [-0.25, -0.2) is 0 Å². The van der Waals surface area contributed by atoms with E-state index in [9.17, 15) is 4.79 Å². The van der Waals surface area contributed by atoms with Gasteiger partial charge in [-0.2, -0.15) is 0 Å². The topological polar surface area (TPSA) is 38.8 Å². The number of carbonyl (C=O) groups excluding carboxylic acids is 1. The summed E-state index contributed by atoms with van der Waals surface area (Å²) in [5, 5.41) is 0. The first-order valence-corrected chi connectivity index (χ1v) is 7.91. The molecule has 1 aromatic carbocycles. The Balaban J connectivity index is 1.80. The van der Waals surface area contributed by atoms with Gasteiger partial charge in [-0.3, -0.25) is 4.79 Å². The molecule has 2 rings (SSSR count). The normalized spacial score (nSPS) is 13.2. The number of hydrogen-bond donors (Lipinski definition) is 0. The largest absolute Gasteiger partial charge is 0.493 e. The molecule has 1 aromatic rings. The Labute approximate surface area is 127 Å². The number of rotatable bonds is 7. The maximum absolute atomic E-state index is 11.9. The summed E-state index contributed by atoms with van der Waals surface area (Å²) in [6, 6.07) is 5.94. The maximum Gasteiger partial charge on any atom is 0.222 e. The zero-order chi connectivity index (χ0) is 15.1. The SMILES string of the molecule is CCN(CC)C(=O)CCCOc1cccc2c1CCCO2. The monoisotopic (exact) mass is 291 g/mol. The van der Waals surface area contributed by atoms with E-state index in [1.54, 1.807) is 0 Å². The molecule has 0 fully saturated rings. The fraction of sp³-hybridized carbons (Fsp3) is 0.588. The molecule has 1 aliphatic rings. The van der Waals surface area contributed by atoms with Crippen molar-refractivity contribution < 1.29 is 14.3 Å². The van der Waals surface area contributed by atoms with Gasteiger partial charge in [-0.1, -0.05) is 6.07 Å². The van der Waals surface area contributed by atoms with Gasteiger partial charge in [-0.05, 0) is 45.2 Å². The number of hydrogen-bond acceptors (Lipinski definition) is 3. The summed E-state index contributed by atoms with van der Waals surface area (Å²) >= 11 is 0. The summed E-state index contributed by atoms with van der Waals surface area (Å²) in [4.78, 5) is 13.8. The van der Waals surface area contributed by atoms with Crippen LogP contribution in [0, 0.1) is 0 Å². The Morgan fingerprint density at radius 3 is 2.90 bits per heavy atom. The second-order valence-corrected chi connectivity index (χ2v) is 5.20. The van der Waals surface area contributed by atoms with Crippen LogP contribution < -0.4 is 9.47 Å². The van der Waals surface area contributed by atoms with Crippen LogP contribution in [0.2, 0.25) is 0 Å². The number of nitrogens with zero attached hydrogens (tertiary/aromatic N) is 1. The standard InChI is InChI=1S/C17H25NO3/c1-3-18(4-2)17(19)11-7-13-21-16-10-5-9-15-14(16)8-6-12-20-15/h5,9-10H,3-4,6-8,11-13H2,1-2H3. The highest BCUT2D eigenvalue weighted by atomic mass is 16.5. The number of carbonyl (C=O) groups is 1. The lowest BCUT2D eigenvalue weighted by Gasteiger charge is -2.21. The number of ether oxygens (including phenoxy) is 2. The van der Waals surface area contributed by atoms with E-state index < -0.39 is 0 Å². The molecule has 0 saturated heterocycles. The molecule has 116 valence electrons. The van der Waals surface area contributed by atoms with E-state index in [1.807, 2.05) is 36.9 Å². The molecule has 21 heavy (non-hydrogen) atoms. The van der Waals surface area contributed by atoms with Crippen LogP contribution in [-0.4, -0.2) is 37.1 Å². The molecule has 0 bridgehead atoms. The van der Waals surface area contributed by atoms with Gasteiger partial charge in [-0.15, -0.1) is 0 Å². The Hall–Kier alpha value is -1.71. The van der Waals surface area contributed by atoms with E-state index in [0.717, 1.165) is 50.5 Å². The van der Waals surface area contributed by atoms with E-state index in [-0.39, 0.29) is 5.91 Å². The maximum atomic E-state index is 11.9. The van der Waals surface area contributed by atoms with E-state index >= 15 is 0 Å². The van der Waals surface area contributed by atoms with E-state index in [4.69, 9.17) is 9.47 Å². The molecule has 4 heteroatoms. The first-order valence-electron chi connectivity index (χ1n) is 7.91. The van der Waals surface area contributed by atoms with Crippen LogP contribution in [0.5, 0.6) is 11.5 Å². The molecule has 0 spiro atoms. The number of benzene rings is 1. The van der Waals surface area contributed by atoms with Gasteiger partial charge in [0.05, 0.1) is 13.2 Å². The fourth-order valence-electron chi connectivity index (χ4n) is 2.63. The molecule has 0 aliphatic carbocycles. The van der Waals surface area contributed by atoms with Gasteiger partial charge in [0, 0.05) is 25.1 Å². The number of fused-ring (bicyclic) bond motifs is 1. The van der Waals surface area contributed by atoms with Crippen molar-refractivity contribution in [2.75, 3.05) is 26.3 Å². The zero-order valence-corrected chi connectivity index (χ0v) is 13.1. The van der Waals surface area contributed by atoms with Crippen molar-refractivity contribution in [3.63, 3.8) is 0 Å². The van der Waals surface area contributed by atoms with Gasteiger partial charge in [0.1, 0.15) is 11.5 Å². The summed E-state index contributed by atoms with van der Waals surface area (Å²) in [6.07, 6.45) is 3.34. The third-order valence-corrected chi connectivity index (χ3v) is 3.83. The van der Waals surface area contributed by atoms with Crippen molar-refractivity contribution in [1.82, 2.24) is 4.90 Å². The van der Waals surface area contributed by atoms with Crippen LogP contribution in [0.4, 0.5) is 0 Å². The first kappa shape index (κ1) is 15.7. The fourth-order valence-corrected chi connectivity index (χ4v) is 2.63. The molecular weight excluding hydrogens is 266 g/mol. The van der Waals surface area contributed by atoms with Crippen LogP contribution in [0.25, 0.3) is 0 Å². The molecular formula is C17H25NO3. The number of amides is 1. The minimum Gasteiger partial charge on any atom is -0.493 e. The van der Waals surface area contributed by atoms with Crippen molar-refractivity contribution in [2.24, 2.45) is 0 Å². The average molecular weight is 291 g/mol. The Bertz CT molecular complexity index is 469. The molecule has 0 aromatic heterocycles. The third-order valence-electron chi connectivity index (χ3n) is 3.83. The van der Waals surface area contributed by atoms with Crippen LogP contribution in [-0.2, 0) is 11.2 Å². The molecule has 1 amide bonds. The summed E-state index contributed by atoms with van der Waals surface area (Å²) in [5.41, 5.74) is 1.17. The third kappa shape index (κ3) is 4.13. The highest BCUT2D eigenvalue weighted by Gasteiger charge is 2.15. The van der Waals surface area contributed by atoms with E-state index in [1.165, 1.54) is 5.56 Å². The van der Waals surface area contributed by atoms with Crippen molar-refractivity contribution >= 4 is 5.91 Å².